The van der Waals surface area contributed by atoms with Crippen molar-refractivity contribution in [2.45, 2.75) is 58.8 Å². The van der Waals surface area contributed by atoms with Crippen LogP contribution in [0.5, 0.6) is 11.5 Å². The van der Waals surface area contributed by atoms with Crippen LogP contribution in [0.4, 0.5) is 0 Å². The lowest BCUT2D eigenvalue weighted by molar-refractivity contribution is 0.441. The van der Waals surface area contributed by atoms with Gasteiger partial charge in [-0.2, -0.15) is 0 Å². The zero-order valence-electron chi connectivity index (χ0n) is 14.5. The minimum atomic E-state index is 0.376. The summed E-state index contributed by atoms with van der Waals surface area (Å²) in [5, 5.41) is 18.5. The molecule has 0 heterocycles. The first kappa shape index (κ1) is 17.4. The summed E-state index contributed by atoms with van der Waals surface area (Å²) in [7, 11) is 0. The zero-order chi connectivity index (χ0) is 16.8. The van der Waals surface area contributed by atoms with Gasteiger partial charge in [-0.05, 0) is 68.4 Å². The van der Waals surface area contributed by atoms with Gasteiger partial charge < -0.3 is 10.2 Å². The molecule has 0 spiro atoms. The van der Waals surface area contributed by atoms with Gasteiger partial charge in [-0.25, -0.2) is 0 Å². The molecule has 2 aromatic rings. The van der Waals surface area contributed by atoms with Crippen molar-refractivity contribution in [2.75, 3.05) is 0 Å². The van der Waals surface area contributed by atoms with Crippen LogP contribution in [0.3, 0.4) is 0 Å². The summed E-state index contributed by atoms with van der Waals surface area (Å²) in [6, 6.07) is 11.6. The Kier molecular flexibility index (Phi) is 6.09. The lowest BCUT2D eigenvalue weighted by Crippen LogP contribution is -2.04. The van der Waals surface area contributed by atoms with E-state index >= 15 is 0 Å². The van der Waals surface area contributed by atoms with Gasteiger partial charge in [0, 0.05) is 0 Å². The number of rotatable bonds is 1. The molecular formula is C21H28O2. The van der Waals surface area contributed by atoms with Gasteiger partial charge in [0.1, 0.15) is 11.5 Å². The van der Waals surface area contributed by atoms with Crippen molar-refractivity contribution in [3.8, 4) is 11.5 Å². The Morgan fingerprint density at radius 3 is 1.83 bits per heavy atom. The average Bonchev–Trinajstić information content (AvgIpc) is 2.55. The molecular weight excluding hydrogens is 284 g/mol. The number of aryl methyl sites for hydroxylation is 3. The van der Waals surface area contributed by atoms with Gasteiger partial charge in [0.25, 0.3) is 0 Å². The SMILES string of the molecule is Cc1cc(C2CCCCC2)ccc1O.Cc1ccc(O)c(C)c1. The molecule has 1 fully saturated rings. The van der Waals surface area contributed by atoms with Crippen molar-refractivity contribution in [1.82, 2.24) is 0 Å². The Morgan fingerprint density at radius 2 is 1.30 bits per heavy atom. The Labute approximate surface area is 139 Å². The van der Waals surface area contributed by atoms with E-state index in [0.717, 1.165) is 17.0 Å². The molecule has 0 bridgehead atoms. The molecule has 2 N–H and O–H groups in total. The van der Waals surface area contributed by atoms with Gasteiger partial charge in [-0.3, -0.25) is 0 Å². The van der Waals surface area contributed by atoms with E-state index in [1.54, 1.807) is 6.07 Å². The maximum Gasteiger partial charge on any atom is 0.118 e. The summed E-state index contributed by atoms with van der Waals surface area (Å²) >= 11 is 0. The average molecular weight is 312 g/mol. The van der Waals surface area contributed by atoms with Crippen LogP contribution in [0.15, 0.2) is 36.4 Å². The number of benzene rings is 2. The molecule has 124 valence electrons. The normalized spacial score (nSPS) is 14.9. The third-order valence-corrected chi connectivity index (χ3v) is 4.65. The van der Waals surface area contributed by atoms with Crippen LogP contribution in [-0.2, 0) is 0 Å². The first-order valence-electron chi connectivity index (χ1n) is 8.53. The Morgan fingerprint density at radius 1 is 0.739 bits per heavy atom. The van der Waals surface area contributed by atoms with E-state index in [2.05, 4.69) is 12.1 Å². The number of phenolic OH excluding ortho intramolecular Hbond substituents is 2. The molecule has 3 rings (SSSR count). The van der Waals surface area contributed by atoms with E-state index < -0.39 is 0 Å². The van der Waals surface area contributed by atoms with E-state index in [1.807, 2.05) is 39.0 Å². The van der Waals surface area contributed by atoms with Crippen LogP contribution in [0.1, 0.15) is 60.3 Å². The van der Waals surface area contributed by atoms with Crippen molar-refractivity contribution in [2.24, 2.45) is 0 Å². The van der Waals surface area contributed by atoms with Gasteiger partial charge in [-0.1, -0.05) is 49.1 Å². The lowest BCUT2D eigenvalue weighted by atomic mass is 9.83. The summed E-state index contributed by atoms with van der Waals surface area (Å²) in [6.07, 6.45) is 6.77. The molecule has 0 unspecified atom stereocenters. The molecule has 0 radical (unpaired) electrons. The first-order chi connectivity index (χ1) is 11.0. The summed E-state index contributed by atoms with van der Waals surface area (Å²) in [5.41, 5.74) is 4.55. The summed E-state index contributed by atoms with van der Waals surface area (Å²) in [6.45, 7) is 5.87. The third kappa shape index (κ3) is 5.02. The second-order valence-electron chi connectivity index (χ2n) is 6.67. The van der Waals surface area contributed by atoms with Gasteiger partial charge in [0.05, 0.1) is 0 Å². The smallest absolute Gasteiger partial charge is 0.118 e. The van der Waals surface area contributed by atoms with E-state index in [9.17, 15) is 5.11 Å². The fourth-order valence-electron chi connectivity index (χ4n) is 3.17. The zero-order valence-corrected chi connectivity index (χ0v) is 14.5. The molecule has 0 aliphatic heterocycles. The highest BCUT2D eigenvalue weighted by Crippen LogP contribution is 2.34. The van der Waals surface area contributed by atoms with Crippen molar-refractivity contribution in [3.63, 3.8) is 0 Å². The largest absolute Gasteiger partial charge is 0.508 e. The topological polar surface area (TPSA) is 40.5 Å². The second kappa shape index (κ2) is 8.05. The predicted octanol–water partition coefficient (Wildman–Crippen LogP) is 5.76. The Hall–Kier alpha value is -1.96. The molecule has 1 saturated carbocycles. The fourth-order valence-corrected chi connectivity index (χ4v) is 3.17. The molecule has 0 saturated heterocycles. The quantitative estimate of drug-likeness (QED) is 0.703. The second-order valence-corrected chi connectivity index (χ2v) is 6.67. The molecule has 0 atom stereocenters. The number of phenols is 2. The van der Waals surface area contributed by atoms with Gasteiger partial charge in [-0.15, -0.1) is 0 Å². The molecule has 0 aromatic heterocycles. The molecule has 1 aliphatic carbocycles. The summed E-state index contributed by atoms with van der Waals surface area (Å²) < 4.78 is 0. The van der Waals surface area contributed by atoms with Gasteiger partial charge in [0.15, 0.2) is 0 Å². The van der Waals surface area contributed by atoms with Crippen LogP contribution < -0.4 is 0 Å². The molecule has 2 nitrogen and oxygen atoms in total. The van der Waals surface area contributed by atoms with E-state index in [4.69, 9.17) is 5.11 Å². The lowest BCUT2D eigenvalue weighted by Gasteiger charge is -2.22. The van der Waals surface area contributed by atoms with Crippen molar-refractivity contribution in [3.05, 3.63) is 58.7 Å². The highest BCUT2D eigenvalue weighted by Gasteiger charge is 2.15. The van der Waals surface area contributed by atoms with Crippen LogP contribution in [0, 0.1) is 20.8 Å². The highest BCUT2D eigenvalue weighted by atomic mass is 16.3. The molecule has 2 aromatic carbocycles. The van der Waals surface area contributed by atoms with E-state index in [-0.39, 0.29) is 0 Å². The van der Waals surface area contributed by atoms with Crippen LogP contribution >= 0.6 is 0 Å². The number of hydrogen-bond acceptors (Lipinski definition) is 2. The minimum Gasteiger partial charge on any atom is -0.508 e. The van der Waals surface area contributed by atoms with Crippen molar-refractivity contribution >= 4 is 0 Å². The molecule has 2 heteroatoms. The fraction of sp³-hybridized carbons (Fsp3) is 0.429. The first-order valence-corrected chi connectivity index (χ1v) is 8.53. The third-order valence-electron chi connectivity index (χ3n) is 4.65. The van der Waals surface area contributed by atoms with Crippen molar-refractivity contribution in [1.29, 1.82) is 0 Å². The summed E-state index contributed by atoms with van der Waals surface area (Å²) in [5.74, 6) is 1.54. The molecule has 23 heavy (non-hydrogen) atoms. The predicted molar refractivity (Wildman–Crippen MR) is 96.3 cm³/mol. The van der Waals surface area contributed by atoms with Crippen LogP contribution in [0.25, 0.3) is 0 Å². The molecule has 1 aliphatic rings. The minimum absolute atomic E-state index is 0.376. The summed E-state index contributed by atoms with van der Waals surface area (Å²) in [4.78, 5) is 0. The van der Waals surface area contributed by atoms with Crippen LogP contribution in [-0.4, -0.2) is 10.2 Å². The van der Waals surface area contributed by atoms with Gasteiger partial charge >= 0.3 is 0 Å². The van der Waals surface area contributed by atoms with E-state index in [0.29, 0.717) is 11.5 Å². The standard InChI is InChI=1S/C13H18O.C8H10O/c1-10-9-12(7-8-13(10)14)11-5-3-2-4-6-11;1-6-3-4-8(9)7(2)5-6/h7-9,11,14H,2-6H2,1H3;3-5,9H,1-2H3. The molecule has 0 amide bonds. The van der Waals surface area contributed by atoms with Crippen LogP contribution in [0.2, 0.25) is 0 Å². The number of hydrogen-bond donors (Lipinski definition) is 2. The van der Waals surface area contributed by atoms with E-state index in [1.165, 1.54) is 43.2 Å². The maximum absolute atomic E-state index is 9.44. The van der Waals surface area contributed by atoms with Gasteiger partial charge in [0.2, 0.25) is 0 Å². The van der Waals surface area contributed by atoms with Crippen molar-refractivity contribution < 1.29 is 10.2 Å². The Bertz CT molecular complexity index is 640. The maximum atomic E-state index is 9.44. The number of aromatic hydroxyl groups is 2. The highest BCUT2D eigenvalue weighted by molar-refractivity contribution is 5.36. The monoisotopic (exact) mass is 312 g/mol. The Balaban J connectivity index is 0.000000185.